The molecule has 0 spiro atoms. The lowest BCUT2D eigenvalue weighted by atomic mass is 9.90. The lowest BCUT2D eigenvalue weighted by Gasteiger charge is -2.19. The van der Waals surface area contributed by atoms with Crippen LogP contribution < -0.4 is 5.32 Å². The molecule has 1 N–H and O–H groups in total. The van der Waals surface area contributed by atoms with E-state index in [1.807, 2.05) is 12.1 Å². The Hall–Kier alpha value is -2.86. The fourth-order valence-corrected chi connectivity index (χ4v) is 3.41. The van der Waals surface area contributed by atoms with E-state index in [0.29, 0.717) is 11.5 Å². The van der Waals surface area contributed by atoms with Crippen LogP contribution in [0, 0.1) is 17.2 Å². The molecule has 1 aliphatic rings. The van der Waals surface area contributed by atoms with Crippen molar-refractivity contribution in [2.75, 3.05) is 5.32 Å². The maximum atomic E-state index is 9.39. The zero-order valence-corrected chi connectivity index (χ0v) is 14.8. The number of hydrogen-bond donors (Lipinski definition) is 1. The Kier molecular flexibility index (Phi) is 5.00. The molecule has 1 aliphatic heterocycles. The molecule has 0 amide bonds. The summed E-state index contributed by atoms with van der Waals surface area (Å²) in [5.41, 5.74) is 7.31. The van der Waals surface area contributed by atoms with Gasteiger partial charge in [0.1, 0.15) is 0 Å². The Morgan fingerprint density at radius 1 is 1.32 bits per heavy atom. The molecule has 0 fully saturated rings. The molecule has 126 valence electrons. The predicted octanol–water partition coefficient (Wildman–Crippen LogP) is 5.63. The first kappa shape index (κ1) is 17.0. The SMILES string of the molecule is C=CNc1cc(C#N)cc(-c2ccc3c(c2)N=CC(CC)C3)c1CC. The molecule has 0 aliphatic carbocycles. The Morgan fingerprint density at radius 3 is 2.84 bits per heavy atom. The lowest BCUT2D eigenvalue weighted by molar-refractivity contribution is 0.667. The molecule has 1 unspecified atom stereocenters. The highest BCUT2D eigenvalue weighted by Gasteiger charge is 2.16. The number of fused-ring (bicyclic) bond motifs is 1. The maximum Gasteiger partial charge on any atom is 0.0992 e. The van der Waals surface area contributed by atoms with Crippen LogP contribution in [0.5, 0.6) is 0 Å². The van der Waals surface area contributed by atoms with Gasteiger partial charge in [0, 0.05) is 11.9 Å². The van der Waals surface area contributed by atoms with E-state index in [-0.39, 0.29) is 0 Å². The highest BCUT2D eigenvalue weighted by atomic mass is 14.8. The molecule has 0 bridgehead atoms. The standard InChI is InChI=1S/C22H23N3/c1-4-15-9-18-8-7-17(12-21(18)25-14-15)20-10-16(13-23)11-22(24-6-3)19(20)5-2/h6-8,10-12,14-15,24H,3-5,9H2,1-2H3. The van der Waals surface area contributed by atoms with Crippen LogP contribution in [0.25, 0.3) is 11.1 Å². The number of nitrogens with one attached hydrogen (secondary N) is 1. The number of aliphatic imine (C=N–C) groups is 1. The normalized spacial score (nSPS) is 15.3. The molecule has 3 rings (SSSR count). The summed E-state index contributed by atoms with van der Waals surface area (Å²) < 4.78 is 0. The first-order chi connectivity index (χ1) is 12.2. The van der Waals surface area contributed by atoms with E-state index in [0.717, 1.165) is 41.8 Å². The Morgan fingerprint density at radius 2 is 2.16 bits per heavy atom. The Bertz CT molecular complexity index is 872. The summed E-state index contributed by atoms with van der Waals surface area (Å²) in [5, 5.41) is 12.6. The molecule has 2 aromatic rings. The number of benzene rings is 2. The molecule has 3 nitrogen and oxygen atoms in total. The molecule has 0 saturated heterocycles. The van der Waals surface area contributed by atoms with Gasteiger partial charge in [0.25, 0.3) is 0 Å². The van der Waals surface area contributed by atoms with E-state index in [1.165, 1.54) is 11.1 Å². The number of rotatable bonds is 5. The van der Waals surface area contributed by atoms with Crippen molar-refractivity contribution in [2.24, 2.45) is 10.9 Å². The van der Waals surface area contributed by atoms with E-state index in [2.05, 4.69) is 61.2 Å². The summed E-state index contributed by atoms with van der Waals surface area (Å²) >= 11 is 0. The van der Waals surface area contributed by atoms with Gasteiger partial charge in [-0.15, -0.1) is 0 Å². The van der Waals surface area contributed by atoms with Gasteiger partial charge in [-0.3, -0.25) is 4.99 Å². The number of anilines is 1. The molecule has 3 heteroatoms. The van der Waals surface area contributed by atoms with Gasteiger partial charge in [0.05, 0.1) is 17.3 Å². The summed E-state index contributed by atoms with van der Waals surface area (Å²) in [4.78, 5) is 4.67. The van der Waals surface area contributed by atoms with Crippen LogP contribution in [-0.4, -0.2) is 6.21 Å². The number of nitrogens with zero attached hydrogens (tertiary/aromatic N) is 2. The summed E-state index contributed by atoms with van der Waals surface area (Å²) in [5.74, 6) is 0.537. The van der Waals surface area contributed by atoms with Crippen molar-refractivity contribution in [1.29, 1.82) is 5.26 Å². The van der Waals surface area contributed by atoms with Crippen molar-refractivity contribution < 1.29 is 0 Å². The van der Waals surface area contributed by atoms with Crippen LogP contribution in [0.2, 0.25) is 0 Å². The highest BCUT2D eigenvalue weighted by Crippen LogP contribution is 2.36. The molecule has 0 aromatic heterocycles. The maximum absolute atomic E-state index is 9.39. The van der Waals surface area contributed by atoms with Gasteiger partial charge in [-0.05, 0) is 71.8 Å². The number of hydrogen-bond acceptors (Lipinski definition) is 3. The van der Waals surface area contributed by atoms with E-state index < -0.39 is 0 Å². The van der Waals surface area contributed by atoms with Gasteiger partial charge in [-0.2, -0.15) is 5.26 Å². The van der Waals surface area contributed by atoms with Crippen molar-refractivity contribution in [3.8, 4) is 17.2 Å². The smallest absolute Gasteiger partial charge is 0.0992 e. The summed E-state index contributed by atoms with van der Waals surface area (Å²) in [6, 6.07) is 12.6. The van der Waals surface area contributed by atoms with Crippen molar-refractivity contribution in [1.82, 2.24) is 0 Å². The van der Waals surface area contributed by atoms with Crippen LogP contribution in [0.15, 0.2) is 48.1 Å². The van der Waals surface area contributed by atoms with Crippen LogP contribution in [-0.2, 0) is 12.8 Å². The van der Waals surface area contributed by atoms with Crippen LogP contribution in [0.3, 0.4) is 0 Å². The topological polar surface area (TPSA) is 48.2 Å². The first-order valence-corrected chi connectivity index (χ1v) is 8.82. The highest BCUT2D eigenvalue weighted by molar-refractivity contribution is 5.80. The molecular weight excluding hydrogens is 306 g/mol. The largest absolute Gasteiger partial charge is 0.362 e. The minimum Gasteiger partial charge on any atom is -0.362 e. The second kappa shape index (κ2) is 7.36. The minimum absolute atomic E-state index is 0.537. The monoisotopic (exact) mass is 329 g/mol. The Labute approximate surface area is 149 Å². The summed E-state index contributed by atoms with van der Waals surface area (Å²) in [6.45, 7) is 8.07. The van der Waals surface area contributed by atoms with Crippen LogP contribution in [0.4, 0.5) is 11.4 Å². The molecule has 1 atom stereocenters. The molecule has 25 heavy (non-hydrogen) atoms. The third-order valence-corrected chi connectivity index (χ3v) is 4.82. The third-order valence-electron chi connectivity index (χ3n) is 4.82. The molecule has 1 heterocycles. The van der Waals surface area contributed by atoms with Crippen molar-refractivity contribution in [3.63, 3.8) is 0 Å². The Balaban J connectivity index is 2.12. The molecule has 0 saturated carbocycles. The van der Waals surface area contributed by atoms with Crippen molar-refractivity contribution in [2.45, 2.75) is 33.1 Å². The van der Waals surface area contributed by atoms with Crippen molar-refractivity contribution >= 4 is 17.6 Å². The van der Waals surface area contributed by atoms with Gasteiger partial charge in [-0.25, -0.2) is 0 Å². The zero-order valence-electron chi connectivity index (χ0n) is 14.8. The predicted molar refractivity (Wildman–Crippen MR) is 105 cm³/mol. The van der Waals surface area contributed by atoms with E-state index >= 15 is 0 Å². The number of nitriles is 1. The molecule has 0 radical (unpaired) electrons. The minimum atomic E-state index is 0.537. The van der Waals surface area contributed by atoms with Gasteiger partial charge in [0.15, 0.2) is 0 Å². The van der Waals surface area contributed by atoms with Gasteiger partial charge in [0.2, 0.25) is 0 Å². The lowest BCUT2D eigenvalue weighted by Crippen LogP contribution is -2.08. The third kappa shape index (κ3) is 3.34. The second-order valence-electron chi connectivity index (χ2n) is 6.36. The van der Waals surface area contributed by atoms with Gasteiger partial charge >= 0.3 is 0 Å². The average molecular weight is 329 g/mol. The van der Waals surface area contributed by atoms with Crippen LogP contribution >= 0.6 is 0 Å². The second-order valence-corrected chi connectivity index (χ2v) is 6.36. The zero-order chi connectivity index (χ0) is 17.8. The quantitative estimate of drug-likeness (QED) is 0.773. The molecule has 2 aromatic carbocycles. The van der Waals surface area contributed by atoms with Gasteiger partial charge in [-0.1, -0.05) is 32.6 Å². The fourth-order valence-electron chi connectivity index (χ4n) is 3.41. The van der Waals surface area contributed by atoms with Crippen molar-refractivity contribution in [3.05, 3.63) is 59.8 Å². The van der Waals surface area contributed by atoms with E-state index in [1.54, 1.807) is 6.20 Å². The van der Waals surface area contributed by atoms with E-state index in [9.17, 15) is 5.26 Å². The van der Waals surface area contributed by atoms with E-state index in [4.69, 9.17) is 0 Å². The first-order valence-electron chi connectivity index (χ1n) is 8.82. The molecular formula is C22H23N3. The summed E-state index contributed by atoms with van der Waals surface area (Å²) in [7, 11) is 0. The fraction of sp³-hybridized carbons (Fsp3) is 0.273. The van der Waals surface area contributed by atoms with Crippen LogP contribution in [0.1, 0.15) is 37.0 Å². The van der Waals surface area contributed by atoms with Gasteiger partial charge < -0.3 is 5.32 Å². The average Bonchev–Trinajstić information content (AvgIpc) is 2.66. The summed E-state index contributed by atoms with van der Waals surface area (Å²) in [6.07, 6.45) is 6.77.